The molecule has 0 aliphatic carbocycles. The number of ether oxygens (including phenoxy) is 1. The Bertz CT molecular complexity index is 329. The van der Waals surface area contributed by atoms with Crippen molar-refractivity contribution in [3.05, 3.63) is 28.7 Å². The van der Waals surface area contributed by atoms with Crippen LogP contribution in [0.2, 0.25) is 0 Å². The topological polar surface area (TPSA) is 21.3 Å². The molecule has 2 atom stereocenters. The van der Waals surface area contributed by atoms with E-state index in [2.05, 4.69) is 28.2 Å². The van der Waals surface area contributed by atoms with Gasteiger partial charge in [0, 0.05) is 10.5 Å². The van der Waals surface area contributed by atoms with Crippen LogP contribution in [0, 0.1) is 0 Å². The fourth-order valence-corrected chi connectivity index (χ4v) is 2.30. The summed E-state index contributed by atoms with van der Waals surface area (Å²) in [5, 5.41) is 3.42. The molecule has 0 radical (unpaired) electrons. The second-order valence-corrected chi connectivity index (χ2v) is 4.99. The number of hydrogen-bond donors (Lipinski definition) is 1. The molecular formula is C12H16BrNO. The highest BCUT2D eigenvalue weighted by Gasteiger charge is 2.19. The molecule has 82 valence electrons. The van der Waals surface area contributed by atoms with Crippen LogP contribution in [-0.2, 0) is 0 Å². The molecule has 2 nitrogen and oxygen atoms in total. The van der Waals surface area contributed by atoms with Crippen LogP contribution in [0.5, 0.6) is 5.75 Å². The molecule has 1 heterocycles. The normalized spacial score (nSPS) is 26.3. The largest absolute Gasteiger partial charge is 0.490 e. The van der Waals surface area contributed by atoms with E-state index in [0.717, 1.165) is 29.6 Å². The lowest BCUT2D eigenvalue weighted by Gasteiger charge is -2.28. The molecule has 0 bridgehead atoms. The van der Waals surface area contributed by atoms with E-state index in [-0.39, 0.29) is 0 Å². The average Bonchev–Trinajstić information content (AvgIpc) is 2.17. The summed E-state index contributed by atoms with van der Waals surface area (Å²) < 4.78 is 7.01. The molecule has 1 aliphatic heterocycles. The molecule has 0 unspecified atom stereocenters. The third-order valence-corrected chi connectivity index (χ3v) is 3.17. The molecule has 1 saturated heterocycles. The van der Waals surface area contributed by atoms with E-state index in [1.807, 2.05) is 24.3 Å². The number of piperidine rings is 1. The monoisotopic (exact) mass is 269 g/mol. The maximum Gasteiger partial charge on any atom is 0.120 e. The van der Waals surface area contributed by atoms with Crippen LogP contribution in [0.4, 0.5) is 0 Å². The number of benzene rings is 1. The lowest BCUT2D eigenvalue weighted by Crippen LogP contribution is -2.40. The smallest absolute Gasteiger partial charge is 0.120 e. The Morgan fingerprint density at radius 3 is 3.07 bits per heavy atom. The average molecular weight is 270 g/mol. The molecular weight excluding hydrogens is 254 g/mol. The van der Waals surface area contributed by atoms with Gasteiger partial charge in [-0.25, -0.2) is 0 Å². The zero-order valence-electron chi connectivity index (χ0n) is 8.87. The Labute approximate surface area is 99.1 Å². The first-order valence-corrected chi connectivity index (χ1v) is 6.19. The van der Waals surface area contributed by atoms with Crippen molar-refractivity contribution >= 4 is 15.9 Å². The quantitative estimate of drug-likeness (QED) is 0.892. The summed E-state index contributed by atoms with van der Waals surface area (Å²) in [6, 6.07) is 8.61. The minimum atomic E-state index is 0.357. The van der Waals surface area contributed by atoms with Gasteiger partial charge in [-0.15, -0.1) is 0 Å². The third kappa shape index (κ3) is 3.21. The van der Waals surface area contributed by atoms with Crippen molar-refractivity contribution in [3.8, 4) is 5.75 Å². The Hall–Kier alpha value is -0.540. The summed E-state index contributed by atoms with van der Waals surface area (Å²) in [6.45, 7) is 3.26. The molecule has 3 heteroatoms. The zero-order chi connectivity index (χ0) is 10.7. The highest BCUT2D eigenvalue weighted by molar-refractivity contribution is 9.10. The van der Waals surface area contributed by atoms with Crippen LogP contribution in [0.25, 0.3) is 0 Å². The number of rotatable bonds is 2. The predicted octanol–water partition coefficient (Wildman–Crippen LogP) is 2.97. The van der Waals surface area contributed by atoms with Crippen LogP contribution in [0.15, 0.2) is 28.7 Å². The summed E-state index contributed by atoms with van der Waals surface area (Å²) in [5.41, 5.74) is 0. The lowest BCUT2D eigenvalue weighted by molar-refractivity contribution is 0.144. The van der Waals surface area contributed by atoms with Crippen molar-refractivity contribution in [3.63, 3.8) is 0 Å². The third-order valence-electron chi connectivity index (χ3n) is 2.67. The standard InChI is InChI=1S/C12H16BrNO/c1-9-7-12(5-6-14-9)15-11-4-2-3-10(13)8-11/h2-4,8-9,12,14H,5-7H2,1H3/t9-,12+/m0/s1. The van der Waals surface area contributed by atoms with Crippen molar-refractivity contribution in [1.82, 2.24) is 5.32 Å². The summed E-state index contributed by atoms with van der Waals surface area (Å²) in [4.78, 5) is 0. The maximum absolute atomic E-state index is 5.94. The van der Waals surface area contributed by atoms with Gasteiger partial charge < -0.3 is 10.1 Å². The fourth-order valence-electron chi connectivity index (χ4n) is 1.93. The first-order valence-electron chi connectivity index (χ1n) is 5.39. The first-order chi connectivity index (χ1) is 7.24. The predicted molar refractivity (Wildman–Crippen MR) is 65.3 cm³/mol. The summed E-state index contributed by atoms with van der Waals surface area (Å²) in [7, 11) is 0. The number of halogens is 1. The summed E-state index contributed by atoms with van der Waals surface area (Å²) in [5.74, 6) is 0.962. The second kappa shape index (κ2) is 4.99. The highest BCUT2D eigenvalue weighted by atomic mass is 79.9. The molecule has 1 aromatic carbocycles. The molecule has 0 saturated carbocycles. The minimum absolute atomic E-state index is 0.357. The first kappa shape index (κ1) is 11.0. The molecule has 1 fully saturated rings. The van der Waals surface area contributed by atoms with Gasteiger partial charge in [0.05, 0.1) is 0 Å². The van der Waals surface area contributed by atoms with Crippen molar-refractivity contribution in [2.24, 2.45) is 0 Å². The maximum atomic E-state index is 5.94. The van der Waals surface area contributed by atoms with Gasteiger partial charge in [0.2, 0.25) is 0 Å². The van der Waals surface area contributed by atoms with Crippen LogP contribution in [-0.4, -0.2) is 18.7 Å². The van der Waals surface area contributed by atoms with E-state index >= 15 is 0 Å². The van der Waals surface area contributed by atoms with Crippen LogP contribution >= 0.6 is 15.9 Å². The highest BCUT2D eigenvalue weighted by Crippen LogP contribution is 2.21. The van der Waals surface area contributed by atoms with E-state index in [1.54, 1.807) is 0 Å². The molecule has 1 aliphatic rings. The van der Waals surface area contributed by atoms with E-state index in [4.69, 9.17) is 4.74 Å². The fraction of sp³-hybridized carbons (Fsp3) is 0.500. The van der Waals surface area contributed by atoms with Gasteiger partial charge in [-0.2, -0.15) is 0 Å². The van der Waals surface area contributed by atoms with Crippen LogP contribution in [0.1, 0.15) is 19.8 Å². The van der Waals surface area contributed by atoms with Gasteiger partial charge >= 0.3 is 0 Å². The lowest BCUT2D eigenvalue weighted by atomic mass is 10.0. The Morgan fingerprint density at radius 2 is 2.33 bits per heavy atom. The zero-order valence-corrected chi connectivity index (χ0v) is 10.5. The molecule has 2 rings (SSSR count). The number of hydrogen-bond acceptors (Lipinski definition) is 2. The Balaban J connectivity index is 1.96. The Kier molecular flexibility index (Phi) is 3.65. The number of nitrogens with one attached hydrogen (secondary N) is 1. The molecule has 1 aromatic rings. The van der Waals surface area contributed by atoms with Gasteiger partial charge in [-0.05, 0) is 44.5 Å². The molecule has 1 N–H and O–H groups in total. The van der Waals surface area contributed by atoms with Gasteiger partial charge in [0.25, 0.3) is 0 Å². The van der Waals surface area contributed by atoms with Crippen molar-refractivity contribution in [1.29, 1.82) is 0 Å². The molecule has 15 heavy (non-hydrogen) atoms. The van der Waals surface area contributed by atoms with E-state index < -0.39 is 0 Å². The van der Waals surface area contributed by atoms with Gasteiger partial charge in [0.15, 0.2) is 0 Å². The molecule has 0 amide bonds. The Morgan fingerprint density at radius 1 is 1.47 bits per heavy atom. The van der Waals surface area contributed by atoms with Crippen molar-refractivity contribution in [2.75, 3.05) is 6.54 Å². The van der Waals surface area contributed by atoms with E-state index in [0.29, 0.717) is 12.1 Å². The van der Waals surface area contributed by atoms with Crippen molar-refractivity contribution in [2.45, 2.75) is 31.9 Å². The SMILES string of the molecule is C[C@H]1C[C@H](Oc2cccc(Br)c2)CCN1. The van der Waals surface area contributed by atoms with Gasteiger partial charge in [-0.1, -0.05) is 22.0 Å². The minimum Gasteiger partial charge on any atom is -0.490 e. The van der Waals surface area contributed by atoms with Gasteiger partial charge in [0.1, 0.15) is 11.9 Å². The summed E-state index contributed by atoms with van der Waals surface area (Å²) >= 11 is 3.45. The van der Waals surface area contributed by atoms with Crippen LogP contribution < -0.4 is 10.1 Å². The molecule has 0 aromatic heterocycles. The van der Waals surface area contributed by atoms with E-state index in [9.17, 15) is 0 Å². The summed E-state index contributed by atoms with van der Waals surface area (Å²) in [6.07, 6.45) is 2.54. The molecule has 0 spiro atoms. The van der Waals surface area contributed by atoms with Crippen LogP contribution in [0.3, 0.4) is 0 Å². The van der Waals surface area contributed by atoms with Gasteiger partial charge in [-0.3, -0.25) is 0 Å². The van der Waals surface area contributed by atoms with Crippen molar-refractivity contribution < 1.29 is 4.74 Å². The second-order valence-electron chi connectivity index (χ2n) is 4.08. The van der Waals surface area contributed by atoms with E-state index in [1.165, 1.54) is 0 Å².